The average molecular weight is 307 g/mol. The molecule has 0 bridgehead atoms. The highest BCUT2D eigenvalue weighted by Crippen LogP contribution is 2.29. The summed E-state index contributed by atoms with van der Waals surface area (Å²) in [5.74, 6) is -0.142. The minimum absolute atomic E-state index is 0.0408. The fraction of sp³-hybridized carbons (Fsp3) is 0.200. The lowest BCUT2D eigenvalue weighted by molar-refractivity contribution is 0.278. The van der Waals surface area contributed by atoms with Crippen molar-refractivity contribution in [2.24, 2.45) is 0 Å². The normalized spacial score (nSPS) is 13.7. The van der Waals surface area contributed by atoms with Gasteiger partial charge >= 0.3 is 0 Å². The van der Waals surface area contributed by atoms with Crippen LogP contribution < -0.4 is 0 Å². The van der Waals surface area contributed by atoms with Gasteiger partial charge in [-0.15, -0.1) is 0 Å². The van der Waals surface area contributed by atoms with E-state index in [0.29, 0.717) is 0 Å². The van der Waals surface area contributed by atoms with Gasteiger partial charge in [0.1, 0.15) is 0 Å². The molecular formula is C20H21NO2. The van der Waals surface area contributed by atoms with Gasteiger partial charge in [-0.05, 0) is 22.8 Å². The fourth-order valence-corrected chi connectivity index (χ4v) is 2.99. The van der Waals surface area contributed by atoms with Gasteiger partial charge < -0.3 is 15.2 Å². The molecule has 2 unspecified atom stereocenters. The van der Waals surface area contributed by atoms with Crippen molar-refractivity contribution < 1.29 is 10.2 Å². The molecular weight excluding hydrogens is 286 g/mol. The molecule has 0 saturated heterocycles. The standard InChI is InChI=1S/C20H21NO2/c22-13-18(15-7-3-1-4-8-15)17-11-20(21-12-17)19(14-23)16-9-5-2-6-10-16/h1-12,18-19,21-23H,13-14H2. The van der Waals surface area contributed by atoms with Crippen LogP contribution >= 0.6 is 0 Å². The molecule has 0 spiro atoms. The van der Waals surface area contributed by atoms with Gasteiger partial charge in [0.05, 0.1) is 13.2 Å². The van der Waals surface area contributed by atoms with E-state index in [1.165, 1.54) is 0 Å². The van der Waals surface area contributed by atoms with Crippen molar-refractivity contribution in [1.29, 1.82) is 0 Å². The highest BCUT2D eigenvalue weighted by atomic mass is 16.3. The second-order valence-electron chi connectivity index (χ2n) is 5.68. The largest absolute Gasteiger partial charge is 0.395 e. The Hall–Kier alpha value is -2.36. The Morgan fingerprint density at radius 1 is 0.696 bits per heavy atom. The van der Waals surface area contributed by atoms with Crippen molar-refractivity contribution >= 4 is 0 Å². The molecule has 3 heteroatoms. The summed E-state index contributed by atoms with van der Waals surface area (Å²) in [5.41, 5.74) is 4.15. The Labute approximate surface area is 136 Å². The Kier molecular flexibility index (Phi) is 4.91. The van der Waals surface area contributed by atoms with E-state index in [1.807, 2.05) is 72.9 Å². The number of benzene rings is 2. The van der Waals surface area contributed by atoms with Gasteiger partial charge in [0.25, 0.3) is 0 Å². The number of aromatic amines is 1. The van der Waals surface area contributed by atoms with Gasteiger partial charge in [-0.2, -0.15) is 0 Å². The molecule has 3 rings (SSSR count). The molecule has 118 valence electrons. The molecule has 1 heterocycles. The predicted molar refractivity (Wildman–Crippen MR) is 91.5 cm³/mol. The van der Waals surface area contributed by atoms with Crippen LogP contribution in [-0.2, 0) is 0 Å². The van der Waals surface area contributed by atoms with E-state index in [2.05, 4.69) is 4.98 Å². The van der Waals surface area contributed by atoms with Crippen molar-refractivity contribution in [3.05, 3.63) is 95.3 Å². The monoisotopic (exact) mass is 307 g/mol. The molecule has 0 aliphatic rings. The van der Waals surface area contributed by atoms with Crippen LogP contribution in [0, 0.1) is 0 Å². The van der Waals surface area contributed by atoms with E-state index in [-0.39, 0.29) is 25.0 Å². The number of aliphatic hydroxyl groups excluding tert-OH is 2. The van der Waals surface area contributed by atoms with E-state index in [1.54, 1.807) is 0 Å². The Morgan fingerprint density at radius 3 is 1.74 bits per heavy atom. The highest BCUT2D eigenvalue weighted by molar-refractivity contribution is 5.36. The first-order valence-corrected chi connectivity index (χ1v) is 7.83. The number of aromatic nitrogens is 1. The molecule has 2 aromatic carbocycles. The zero-order valence-corrected chi connectivity index (χ0v) is 12.9. The van der Waals surface area contributed by atoms with Crippen LogP contribution in [0.25, 0.3) is 0 Å². The van der Waals surface area contributed by atoms with Crippen molar-refractivity contribution in [3.63, 3.8) is 0 Å². The maximum atomic E-state index is 9.79. The number of nitrogens with one attached hydrogen (secondary N) is 1. The quantitative estimate of drug-likeness (QED) is 0.654. The van der Waals surface area contributed by atoms with Crippen LogP contribution in [0.15, 0.2) is 72.9 Å². The summed E-state index contributed by atoms with van der Waals surface area (Å²) in [5, 5.41) is 19.6. The third-order valence-electron chi connectivity index (χ3n) is 4.27. The first-order valence-electron chi connectivity index (χ1n) is 7.83. The number of hydrogen-bond acceptors (Lipinski definition) is 2. The summed E-state index contributed by atoms with van der Waals surface area (Å²) in [4.78, 5) is 3.27. The summed E-state index contributed by atoms with van der Waals surface area (Å²) >= 11 is 0. The SMILES string of the molecule is OCC(c1ccccc1)c1c[nH]c(C(CO)c2ccccc2)c1. The molecule has 3 N–H and O–H groups in total. The lowest BCUT2D eigenvalue weighted by Crippen LogP contribution is -2.07. The Bertz CT molecular complexity index is 660. The van der Waals surface area contributed by atoms with Gasteiger partial charge in [0.15, 0.2) is 0 Å². The summed E-state index contributed by atoms with van der Waals surface area (Å²) in [6, 6.07) is 22.0. The van der Waals surface area contributed by atoms with Gasteiger partial charge in [0.2, 0.25) is 0 Å². The average Bonchev–Trinajstić information content (AvgIpc) is 3.08. The van der Waals surface area contributed by atoms with Crippen molar-refractivity contribution in [3.8, 4) is 0 Å². The topological polar surface area (TPSA) is 56.2 Å². The molecule has 1 aromatic heterocycles. The molecule has 23 heavy (non-hydrogen) atoms. The third kappa shape index (κ3) is 3.36. The first kappa shape index (κ1) is 15.5. The lowest BCUT2D eigenvalue weighted by Gasteiger charge is -2.14. The summed E-state index contributed by atoms with van der Waals surface area (Å²) in [6.07, 6.45) is 1.93. The maximum absolute atomic E-state index is 9.79. The molecule has 0 amide bonds. The van der Waals surface area contributed by atoms with Crippen LogP contribution in [0.3, 0.4) is 0 Å². The Balaban J connectivity index is 1.90. The van der Waals surface area contributed by atoms with Crippen LogP contribution in [-0.4, -0.2) is 28.4 Å². The number of hydrogen-bond donors (Lipinski definition) is 3. The molecule has 3 nitrogen and oxygen atoms in total. The van der Waals surface area contributed by atoms with Gasteiger partial charge in [-0.1, -0.05) is 60.7 Å². The van der Waals surface area contributed by atoms with Gasteiger partial charge in [0, 0.05) is 23.7 Å². The molecule has 3 aromatic rings. The number of H-pyrrole nitrogens is 1. The maximum Gasteiger partial charge on any atom is 0.0554 e. The van der Waals surface area contributed by atoms with Crippen molar-refractivity contribution in [1.82, 2.24) is 4.98 Å². The summed E-state index contributed by atoms with van der Waals surface area (Å²) < 4.78 is 0. The minimum Gasteiger partial charge on any atom is -0.395 e. The molecule has 2 atom stereocenters. The van der Waals surface area contributed by atoms with E-state index in [9.17, 15) is 10.2 Å². The molecule has 0 fully saturated rings. The van der Waals surface area contributed by atoms with Crippen LogP contribution in [0.2, 0.25) is 0 Å². The third-order valence-corrected chi connectivity index (χ3v) is 4.27. The Morgan fingerprint density at radius 2 is 1.22 bits per heavy atom. The van der Waals surface area contributed by atoms with Crippen LogP contribution in [0.4, 0.5) is 0 Å². The van der Waals surface area contributed by atoms with Crippen molar-refractivity contribution in [2.75, 3.05) is 13.2 Å². The first-order chi connectivity index (χ1) is 11.3. The highest BCUT2D eigenvalue weighted by Gasteiger charge is 2.19. The number of rotatable bonds is 6. The van der Waals surface area contributed by atoms with E-state index >= 15 is 0 Å². The van der Waals surface area contributed by atoms with Gasteiger partial charge in [-0.3, -0.25) is 0 Å². The van der Waals surface area contributed by atoms with E-state index in [4.69, 9.17) is 0 Å². The minimum atomic E-state index is -0.0833. The van der Waals surface area contributed by atoms with Crippen LogP contribution in [0.5, 0.6) is 0 Å². The molecule has 0 radical (unpaired) electrons. The second kappa shape index (κ2) is 7.27. The van der Waals surface area contributed by atoms with E-state index in [0.717, 1.165) is 22.4 Å². The summed E-state index contributed by atoms with van der Waals surface area (Å²) in [6.45, 7) is 0.0928. The smallest absolute Gasteiger partial charge is 0.0554 e. The molecule has 0 saturated carbocycles. The molecule has 0 aliphatic heterocycles. The number of aliphatic hydroxyl groups is 2. The predicted octanol–water partition coefficient (Wildman–Crippen LogP) is 3.26. The van der Waals surface area contributed by atoms with Gasteiger partial charge in [-0.25, -0.2) is 0 Å². The second-order valence-corrected chi connectivity index (χ2v) is 5.68. The van der Waals surface area contributed by atoms with Crippen LogP contribution in [0.1, 0.15) is 34.2 Å². The molecule has 0 aliphatic carbocycles. The summed E-state index contributed by atoms with van der Waals surface area (Å²) in [7, 11) is 0. The zero-order chi connectivity index (χ0) is 16.1. The fourth-order valence-electron chi connectivity index (χ4n) is 2.99. The zero-order valence-electron chi connectivity index (χ0n) is 12.9. The van der Waals surface area contributed by atoms with Crippen molar-refractivity contribution in [2.45, 2.75) is 11.8 Å². The lowest BCUT2D eigenvalue weighted by atomic mass is 9.92. The van der Waals surface area contributed by atoms with E-state index < -0.39 is 0 Å².